The Balaban J connectivity index is 1.47. The first kappa shape index (κ1) is 16.2. The van der Waals surface area contributed by atoms with E-state index >= 15 is 0 Å². The molecule has 0 amide bonds. The fourth-order valence-corrected chi connectivity index (χ4v) is 3.06. The number of anilines is 2. The average Bonchev–Trinajstić information content (AvgIpc) is 2.99. The molecule has 3 aromatic rings. The maximum absolute atomic E-state index is 3.47. The summed E-state index contributed by atoms with van der Waals surface area (Å²) >= 11 is 0. The highest BCUT2D eigenvalue weighted by molar-refractivity contribution is 5.77. The van der Waals surface area contributed by atoms with E-state index in [4.69, 9.17) is 0 Å². The zero-order valence-corrected chi connectivity index (χ0v) is 14.6. The highest BCUT2D eigenvalue weighted by atomic mass is 14.9. The Morgan fingerprint density at radius 1 is 0.577 bits per heavy atom. The molecule has 0 saturated carbocycles. The van der Waals surface area contributed by atoms with Crippen LogP contribution < -0.4 is 5.32 Å². The lowest BCUT2D eigenvalue weighted by molar-refractivity contribution is 1.41. The van der Waals surface area contributed by atoms with Gasteiger partial charge in [0.15, 0.2) is 0 Å². The van der Waals surface area contributed by atoms with Gasteiger partial charge in [0.2, 0.25) is 0 Å². The Labute approximate surface area is 155 Å². The molecule has 1 aliphatic carbocycles. The topological polar surface area (TPSA) is 12.0 Å². The molecule has 0 aromatic heterocycles. The Bertz CT molecular complexity index is 943. The minimum Gasteiger partial charge on any atom is -0.356 e. The molecule has 3 aromatic carbocycles. The van der Waals surface area contributed by atoms with Crippen molar-refractivity contribution in [1.29, 1.82) is 0 Å². The van der Waals surface area contributed by atoms with Gasteiger partial charge in [-0.05, 0) is 52.9 Å². The van der Waals surface area contributed by atoms with Crippen LogP contribution in [0.25, 0.3) is 16.7 Å². The van der Waals surface area contributed by atoms with Gasteiger partial charge in [0.25, 0.3) is 0 Å². The highest BCUT2D eigenvalue weighted by Gasteiger charge is 2.01. The second-order valence-corrected chi connectivity index (χ2v) is 6.33. The number of nitrogens with one attached hydrogen (secondary N) is 1. The van der Waals surface area contributed by atoms with E-state index < -0.39 is 0 Å². The fourth-order valence-electron chi connectivity index (χ4n) is 3.06. The molecule has 0 saturated heterocycles. The Morgan fingerprint density at radius 2 is 1.19 bits per heavy atom. The molecular weight excluding hydrogens is 314 g/mol. The number of rotatable bonds is 4. The summed E-state index contributed by atoms with van der Waals surface area (Å²) in [6.07, 6.45) is 11.8. The van der Waals surface area contributed by atoms with E-state index in [0.29, 0.717) is 0 Å². The van der Waals surface area contributed by atoms with Gasteiger partial charge in [-0.15, -0.1) is 0 Å². The minimum absolute atomic E-state index is 0.999. The summed E-state index contributed by atoms with van der Waals surface area (Å²) in [4.78, 5) is 0. The van der Waals surface area contributed by atoms with Crippen molar-refractivity contribution in [1.82, 2.24) is 0 Å². The van der Waals surface area contributed by atoms with Crippen molar-refractivity contribution < 1.29 is 0 Å². The molecular formula is C25H21N. The van der Waals surface area contributed by atoms with Gasteiger partial charge in [0.05, 0.1) is 0 Å². The molecule has 0 radical (unpaired) electrons. The van der Waals surface area contributed by atoms with Crippen molar-refractivity contribution in [3.63, 3.8) is 0 Å². The van der Waals surface area contributed by atoms with Crippen molar-refractivity contribution in [3.8, 4) is 11.1 Å². The average molecular weight is 335 g/mol. The van der Waals surface area contributed by atoms with E-state index in [0.717, 1.165) is 17.8 Å². The molecule has 1 nitrogen and oxygen atoms in total. The van der Waals surface area contributed by atoms with Crippen molar-refractivity contribution in [2.24, 2.45) is 0 Å². The van der Waals surface area contributed by atoms with Crippen molar-refractivity contribution in [3.05, 3.63) is 115 Å². The first-order valence-corrected chi connectivity index (χ1v) is 8.95. The van der Waals surface area contributed by atoms with Gasteiger partial charge in [0, 0.05) is 11.4 Å². The van der Waals surface area contributed by atoms with Gasteiger partial charge in [-0.25, -0.2) is 0 Å². The first-order chi connectivity index (χ1) is 12.9. The van der Waals surface area contributed by atoms with Crippen molar-refractivity contribution in [2.75, 3.05) is 5.32 Å². The van der Waals surface area contributed by atoms with Crippen LogP contribution in [0.4, 0.5) is 11.4 Å². The van der Waals surface area contributed by atoms with Gasteiger partial charge >= 0.3 is 0 Å². The van der Waals surface area contributed by atoms with E-state index in [1.807, 2.05) is 6.07 Å². The minimum atomic E-state index is 0.999. The van der Waals surface area contributed by atoms with Crippen LogP contribution in [0.3, 0.4) is 0 Å². The van der Waals surface area contributed by atoms with Gasteiger partial charge in [-0.1, -0.05) is 85.0 Å². The third-order valence-electron chi connectivity index (χ3n) is 4.48. The van der Waals surface area contributed by atoms with Crippen molar-refractivity contribution >= 4 is 16.9 Å². The number of hydrogen-bond acceptors (Lipinski definition) is 1. The largest absolute Gasteiger partial charge is 0.356 e. The van der Waals surface area contributed by atoms with Crippen LogP contribution in [0.15, 0.2) is 109 Å². The molecule has 0 unspecified atom stereocenters. The maximum Gasteiger partial charge on any atom is 0.0384 e. The maximum atomic E-state index is 3.47. The summed E-state index contributed by atoms with van der Waals surface area (Å²) < 4.78 is 0. The van der Waals surface area contributed by atoms with E-state index in [9.17, 15) is 0 Å². The molecule has 0 fully saturated rings. The second kappa shape index (κ2) is 7.71. The first-order valence-electron chi connectivity index (χ1n) is 8.95. The third-order valence-corrected chi connectivity index (χ3v) is 4.48. The molecule has 1 aliphatic rings. The summed E-state index contributed by atoms with van der Waals surface area (Å²) in [5.74, 6) is 0. The predicted molar refractivity (Wildman–Crippen MR) is 112 cm³/mol. The zero-order valence-electron chi connectivity index (χ0n) is 14.6. The number of hydrogen-bond donors (Lipinski definition) is 1. The molecule has 4 rings (SSSR count). The van der Waals surface area contributed by atoms with Gasteiger partial charge in [-0.2, -0.15) is 0 Å². The zero-order chi connectivity index (χ0) is 17.6. The SMILES string of the molecule is C1=CCC=CC(c2ccc(Nc3ccc(-c4ccccc4)cc3)cc2)=C1. The normalized spacial score (nSPS) is 13.2. The molecule has 0 atom stereocenters. The number of benzene rings is 3. The molecule has 126 valence electrons. The predicted octanol–water partition coefficient (Wildman–Crippen LogP) is 7.00. The summed E-state index contributed by atoms with van der Waals surface area (Å²) in [6.45, 7) is 0. The van der Waals surface area contributed by atoms with Crippen LogP contribution in [0, 0.1) is 0 Å². The molecule has 0 spiro atoms. The molecule has 1 heteroatoms. The summed E-state index contributed by atoms with van der Waals surface area (Å²) in [5.41, 5.74) is 7.13. The summed E-state index contributed by atoms with van der Waals surface area (Å²) in [5, 5.41) is 3.47. The lowest BCUT2D eigenvalue weighted by Crippen LogP contribution is -1.91. The Morgan fingerprint density at radius 3 is 1.88 bits per heavy atom. The van der Waals surface area contributed by atoms with E-state index in [1.54, 1.807) is 0 Å². The molecule has 0 aliphatic heterocycles. The fraction of sp³-hybridized carbons (Fsp3) is 0.0400. The quantitative estimate of drug-likeness (QED) is 0.541. The van der Waals surface area contributed by atoms with Crippen molar-refractivity contribution in [2.45, 2.75) is 6.42 Å². The molecule has 0 heterocycles. The molecule has 0 bridgehead atoms. The lowest BCUT2D eigenvalue weighted by atomic mass is 10.0. The Kier molecular flexibility index (Phi) is 4.79. The smallest absolute Gasteiger partial charge is 0.0384 e. The third kappa shape index (κ3) is 3.84. The summed E-state index contributed by atoms with van der Waals surface area (Å²) in [6, 6.07) is 27.6. The standard InChI is InChI=1S/C25H21N/c1-2-5-9-20(8-4-1)22-12-16-24(17-13-22)26-25-18-14-23(15-19-25)21-10-6-3-7-11-21/h1,3-19,26H,2H2. The lowest BCUT2D eigenvalue weighted by Gasteiger charge is -2.09. The molecule has 1 N–H and O–H groups in total. The Hall–Kier alpha value is -3.32. The van der Waals surface area contributed by atoms with Crippen LogP contribution in [0.5, 0.6) is 0 Å². The van der Waals surface area contributed by atoms with Crippen LogP contribution in [0.1, 0.15) is 12.0 Å². The monoisotopic (exact) mass is 335 g/mol. The van der Waals surface area contributed by atoms with Crippen LogP contribution >= 0.6 is 0 Å². The van der Waals surface area contributed by atoms with E-state index in [1.165, 1.54) is 22.3 Å². The van der Waals surface area contributed by atoms with Crippen LogP contribution in [-0.2, 0) is 0 Å². The van der Waals surface area contributed by atoms with Crippen LogP contribution in [0.2, 0.25) is 0 Å². The second-order valence-electron chi connectivity index (χ2n) is 6.33. The summed E-state index contributed by atoms with van der Waals surface area (Å²) in [7, 11) is 0. The van der Waals surface area contributed by atoms with Crippen LogP contribution in [-0.4, -0.2) is 0 Å². The van der Waals surface area contributed by atoms with E-state index in [-0.39, 0.29) is 0 Å². The highest BCUT2D eigenvalue weighted by Crippen LogP contribution is 2.25. The van der Waals surface area contributed by atoms with Gasteiger partial charge < -0.3 is 5.32 Å². The number of allylic oxidation sites excluding steroid dienone is 6. The molecule has 26 heavy (non-hydrogen) atoms. The van der Waals surface area contributed by atoms with Gasteiger partial charge in [-0.3, -0.25) is 0 Å². The van der Waals surface area contributed by atoms with Gasteiger partial charge in [0.1, 0.15) is 0 Å². The van der Waals surface area contributed by atoms with E-state index in [2.05, 4.69) is 108 Å².